The maximum atomic E-state index is 5.44. The van der Waals surface area contributed by atoms with E-state index < -0.39 is 0 Å². The monoisotopic (exact) mass is 264 g/mol. The van der Waals surface area contributed by atoms with Crippen molar-refractivity contribution in [2.75, 3.05) is 20.3 Å². The highest BCUT2D eigenvalue weighted by Gasteiger charge is 2.03. The van der Waals surface area contributed by atoms with Gasteiger partial charge in [-0.15, -0.1) is 0 Å². The van der Waals surface area contributed by atoms with E-state index in [1.807, 2.05) is 6.92 Å². The first kappa shape index (κ1) is 15.5. The van der Waals surface area contributed by atoms with Crippen LogP contribution in [0.15, 0.2) is 29.3 Å². The minimum Gasteiger partial charge on any atom is -0.383 e. The van der Waals surface area contributed by atoms with Crippen LogP contribution in [-0.4, -0.2) is 32.3 Å². The Labute approximate surface area is 115 Å². The van der Waals surface area contributed by atoms with E-state index >= 15 is 0 Å². The zero-order chi connectivity index (χ0) is 14.1. The molecule has 0 heterocycles. The van der Waals surface area contributed by atoms with E-state index in [0.29, 0.717) is 19.1 Å². The molecule has 1 aromatic rings. The average Bonchev–Trinajstić information content (AvgIpc) is 2.38. The predicted molar refractivity (Wildman–Crippen MR) is 79.0 cm³/mol. The summed E-state index contributed by atoms with van der Waals surface area (Å²) in [6.07, 6.45) is 0.896. The number of nitrogens with zero attached hydrogens (tertiary/aromatic N) is 1. The third-order valence-electron chi connectivity index (χ3n) is 2.69. The lowest BCUT2D eigenvalue weighted by Gasteiger charge is -2.15. The van der Waals surface area contributed by atoms with E-state index in [9.17, 15) is 0 Å². The van der Waals surface area contributed by atoms with Gasteiger partial charge in [-0.05, 0) is 25.8 Å². The molecule has 19 heavy (non-hydrogen) atoms. The highest BCUT2D eigenvalue weighted by molar-refractivity contribution is 5.79. The van der Waals surface area contributed by atoms with Gasteiger partial charge in [0.2, 0.25) is 5.96 Å². The second-order valence-electron chi connectivity index (χ2n) is 4.61. The fourth-order valence-corrected chi connectivity index (χ4v) is 1.82. The second-order valence-corrected chi connectivity index (χ2v) is 4.61. The van der Waals surface area contributed by atoms with Gasteiger partial charge in [0.05, 0.1) is 6.61 Å². The number of hydrazine groups is 1. The van der Waals surface area contributed by atoms with Crippen LogP contribution in [0.5, 0.6) is 0 Å². The molecule has 1 rings (SSSR count). The van der Waals surface area contributed by atoms with Gasteiger partial charge in [-0.2, -0.15) is 0 Å². The molecule has 5 nitrogen and oxygen atoms in total. The van der Waals surface area contributed by atoms with Crippen LogP contribution in [0.2, 0.25) is 0 Å². The van der Waals surface area contributed by atoms with E-state index in [4.69, 9.17) is 10.6 Å². The van der Waals surface area contributed by atoms with E-state index in [-0.39, 0.29) is 6.04 Å². The Morgan fingerprint density at radius 3 is 2.89 bits per heavy atom. The van der Waals surface area contributed by atoms with Crippen molar-refractivity contribution in [2.24, 2.45) is 10.8 Å². The fraction of sp³-hybridized carbons (Fsp3) is 0.500. The van der Waals surface area contributed by atoms with Gasteiger partial charge in [-0.1, -0.05) is 29.8 Å². The molecule has 0 aliphatic heterocycles. The molecule has 0 aliphatic carbocycles. The minimum atomic E-state index is 0.166. The van der Waals surface area contributed by atoms with Crippen LogP contribution in [0.25, 0.3) is 0 Å². The van der Waals surface area contributed by atoms with E-state index in [1.165, 1.54) is 11.1 Å². The molecule has 0 bridgehead atoms. The molecule has 1 unspecified atom stereocenters. The summed E-state index contributed by atoms with van der Waals surface area (Å²) in [6.45, 7) is 5.40. The summed E-state index contributed by atoms with van der Waals surface area (Å²) in [5.41, 5.74) is 5.12. The first-order valence-electron chi connectivity index (χ1n) is 6.47. The minimum absolute atomic E-state index is 0.166. The number of hydrogen-bond acceptors (Lipinski definition) is 3. The quantitative estimate of drug-likeness (QED) is 0.310. The van der Waals surface area contributed by atoms with Crippen LogP contribution >= 0.6 is 0 Å². The molecular formula is C14H24N4O. The van der Waals surface area contributed by atoms with Crippen molar-refractivity contribution in [3.63, 3.8) is 0 Å². The number of benzene rings is 1. The van der Waals surface area contributed by atoms with Crippen LogP contribution in [-0.2, 0) is 11.2 Å². The highest BCUT2D eigenvalue weighted by atomic mass is 16.5. The molecule has 5 heteroatoms. The van der Waals surface area contributed by atoms with Gasteiger partial charge in [0.1, 0.15) is 0 Å². The van der Waals surface area contributed by atoms with Crippen LogP contribution in [0.1, 0.15) is 18.1 Å². The Hall–Kier alpha value is -1.59. The maximum Gasteiger partial charge on any atom is 0.206 e. The first-order chi connectivity index (χ1) is 9.15. The van der Waals surface area contributed by atoms with Gasteiger partial charge in [0.15, 0.2) is 0 Å². The number of aliphatic imine (C=N–C) groups is 1. The fourth-order valence-electron chi connectivity index (χ4n) is 1.82. The van der Waals surface area contributed by atoms with Crippen molar-refractivity contribution in [2.45, 2.75) is 26.3 Å². The number of guanidine groups is 1. The standard InChI is InChI=1S/C14H24N4O/c1-11-5-4-6-13(9-11)7-8-16-14(18-15)17-12(2)10-19-3/h4-6,9,12H,7-8,10,15H2,1-3H3,(H2,16,17,18). The van der Waals surface area contributed by atoms with Gasteiger partial charge in [0, 0.05) is 19.7 Å². The molecule has 106 valence electrons. The van der Waals surface area contributed by atoms with Crippen LogP contribution in [0, 0.1) is 6.92 Å². The molecule has 0 radical (unpaired) electrons. The van der Waals surface area contributed by atoms with Gasteiger partial charge in [-0.25, -0.2) is 5.84 Å². The van der Waals surface area contributed by atoms with E-state index in [0.717, 1.165) is 6.42 Å². The third kappa shape index (κ3) is 6.22. The first-order valence-corrected chi connectivity index (χ1v) is 6.47. The molecule has 0 aliphatic rings. The summed E-state index contributed by atoms with van der Waals surface area (Å²) in [6, 6.07) is 8.60. The summed E-state index contributed by atoms with van der Waals surface area (Å²) in [7, 11) is 1.67. The SMILES string of the molecule is COCC(C)NC(=NCCc1cccc(C)c1)NN. The molecule has 0 fully saturated rings. The van der Waals surface area contributed by atoms with Crippen LogP contribution in [0.3, 0.4) is 0 Å². The van der Waals surface area contributed by atoms with E-state index in [1.54, 1.807) is 7.11 Å². The van der Waals surface area contributed by atoms with Gasteiger partial charge in [-0.3, -0.25) is 10.4 Å². The molecule has 0 saturated carbocycles. The summed E-state index contributed by atoms with van der Waals surface area (Å²) in [5.74, 6) is 6.03. The molecule has 0 amide bonds. The lowest BCUT2D eigenvalue weighted by Crippen LogP contribution is -2.47. The average molecular weight is 264 g/mol. The number of hydrogen-bond donors (Lipinski definition) is 3. The third-order valence-corrected chi connectivity index (χ3v) is 2.69. The van der Waals surface area contributed by atoms with Gasteiger partial charge < -0.3 is 10.1 Å². The van der Waals surface area contributed by atoms with Crippen molar-refractivity contribution < 1.29 is 4.74 Å². The Balaban J connectivity index is 2.44. The summed E-state index contributed by atoms with van der Waals surface area (Å²) in [5, 5.41) is 3.15. The van der Waals surface area contributed by atoms with Crippen molar-refractivity contribution in [3.05, 3.63) is 35.4 Å². The maximum absolute atomic E-state index is 5.44. The molecule has 0 aromatic heterocycles. The molecule has 1 aromatic carbocycles. The molecule has 1 atom stereocenters. The lowest BCUT2D eigenvalue weighted by atomic mass is 10.1. The number of nitrogens with two attached hydrogens (primary N) is 1. The number of aryl methyl sites for hydroxylation is 1. The molecule has 0 spiro atoms. The smallest absolute Gasteiger partial charge is 0.206 e. The van der Waals surface area contributed by atoms with Gasteiger partial charge >= 0.3 is 0 Å². The summed E-state index contributed by atoms with van der Waals surface area (Å²) < 4.78 is 5.05. The van der Waals surface area contributed by atoms with Crippen molar-refractivity contribution in [3.8, 4) is 0 Å². The van der Waals surface area contributed by atoms with Gasteiger partial charge in [0.25, 0.3) is 0 Å². The summed E-state index contributed by atoms with van der Waals surface area (Å²) >= 11 is 0. The predicted octanol–water partition coefficient (Wildman–Crippen LogP) is 0.981. The zero-order valence-corrected chi connectivity index (χ0v) is 11.9. The van der Waals surface area contributed by atoms with E-state index in [2.05, 4.69) is 46.9 Å². The number of rotatable bonds is 6. The Kier molecular flexibility index (Phi) is 6.92. The number of methoxy groups -OCH3 is 1. The highest BCUT2D eigenvalue weighted by Crippen LogP contribution is 2.04. The number of nitrogens with one attached hydrogen (secondary N) is 2. The zero-order valence-electron chi connectivity index (χ0n) is 11.9. The molecule has 0 saturated heterocycles. The molecular weight excluding hydrogens is 240 g/mol. The second kappa shape index (κ2) is 8.50. The van der Waals surface area contributed by atoms with Crippen LogP contribution in [0.4, 0.5) is 0 Å². The Morgan fingerprint density at radius 2 is 2.26 bits per heavy atom. The number of ether oxygens (including phenoxy) is 1. The lowest BCUT2D eigenvalue weighted by molar-refractivity contribution is 0.179. The van der Waals surface area contributed by atoms with Crippen molar-refractivity contribution in [1.82, 2.24) is 10.7 Å². The van der Waals surface area contributed by atoms with Crippen molar-refractivity contribution >= 4 is 5.96 Å². The largest absolute Gasteiger partial charge is 0.383 e. The summed E-state index contributed by atoms with van der Waals surface area (Å²) in [4.78, 5) is 4.40. The Morgan fingerprint density at radius 1 is 1.47 bits per heavy atom. The van der Waals surface area contributed by atoms with Crippen LogP contribution < -0.4 is 16.6 Å². The normalized spacial score (nSPS) is 13.2. The molecule has 4 N–H and O–H groups in total. The Bertz CT molecular complexity index is 406. The van der Waals surface area contributed by atoms with Crippen molar-refractivity contribution in [1.29, 1.82) is 0 Å². The topological polar surface area (TPSA) is 71.7 Å².